The van der Waals surface area contributed by atoms with Gasteiger partial charge in [-0.05, 0) is 61.4 Å². The number of fused-ring (bicyclic) bond motifs is 3. The average Bonchev–Trinajstić information content (AvgIpc) is 3.69. The van der Waals surface area contributed by atoms with Crippen molar-refractivity contribution in [3.63, 3.8) is 0 Å². The molecule has 14 heteroatoms. The van der Waals surface area contributed by atoms with Gasteiger partial charge in [0.2, 0.25) is 17.8 Å². The number of pyridine rings is 1. The number of nitrogens with zero attached hydrogens (tertiary/aromatic N) is 8. The Bertz CT molecular complexity index is 2430. The largest absolute Gasteiger partial charge is 0.370 e. The predicted molar refractivity (Wildman–Crippen MR) is 199 cm³/mol. The zero-order chi connectivity index (χ0) is 36.5. The number of nitrogens with one attached hydrogen (secondary N) is 2. The fourth-order valence-electron chi connectivity index (χ4n) is 8.64. The Morgan fingerprint density at radius 2 is 1.77 bits per heavy atom. The van der Waals surface area contributed by atoms with E-state index in [4.69, 9.17) is 4.98 Å². The topological polar surface area (TPSA) is 152 Å². The van der Waals surface area contributed by atoms with Crippen molar-refractivity contribution in [1.82, 2.24) is 38.9 Å². The quantitative estimate of drug-likeness (QED) is 0.198. The van der Waals surface area contributed by atoms with Gasteiger partial charge in [-0.25, -0.2) is 14.8 Å². The molecule has 4 atom stereocenters. The third-order valence-electron chi connectivity index (χ3n) is 11.4. The van der Waals surface area contributed by atoms with E-state index in [0.717, 1.165) is 61.1 Å². The first-order valence-corrected chi connectivity index (χ1v) is 18.3. The lowest BCUT2D eigenvalue weighted by Crippen LogP contribution is -2.44. The third kappa shape index (κ3) is 5.62. The highest BCUT2D eigenvalue weighted by Crippen LogP contribution is 2.52. The summed E-state index contributed by atoms with van der Waals surface area (Å²) in [6.45, 7) is 1.78. The van der Waals surface area contributed by atoms with Crippen molar-refractivity contribution in [2.45, 2.75) is 50.6 Å². The van der Waals surface area contributed by atoms with Gasteiger partial charge in [0.15, 0.2) is 0 Å². The van der Waals surface area contributed by atoms with E-state index in [1.54, 1.807) is 36.8 Å². The standard InChI is InChI=1S/C39H40N10O4/c1-45(2)37(52)31-17-23-18-41-38(44-35(23)48(31)24-8-4-5-9-24)42-32-15-12-25(19-40-32)47-20-27-26(28(27)21-47)13-11-22-7-6-10-29-34(22)46(3)39(53)49(29)30-14-16-33(50)43-36(30)51/h6-7,10,12,15,17-19,24,26-28,30H,4-5,8-9,14,16,20-21H2,1-3H3,(H,43,50,51)(H,40,41,42,44)/t26?,27-,28+,30-/m1/s1. The van der Waals surface area contributed by atoms with Crippen LogP contribution in [0.15, 0.2) is 53.6 Å². The van der Waals surface area contributed by atoms with E-state index in [9.17, 15) is 19.2 Å². The number of anilines is 3. The second kappa shape index (κ2) is 12.6. The number of amides is 3. The molecule has 14 nitrogen and oxygen atoms in total. The molecule has 0 spiro atoms. The summed E-state index contributed by atoms with van der Waals surface area (Å²) in [5.74, 6) is 8.30. The van der Waals surface area contributed by atoms with Crippen LogP contribution in [0.1, 0.15) is 66.7 Å². The SMILES string of the molecule is CN(C)C(=O)c1cc2cnc(Nc3ccc(N4C[C@@H]5C(C#Cc6cccc7c6n(C)c(=O)n7[C@@H]6CCC(=O)NC6=O)[C@@H]5C4)cn3)nc2n1C1CCCC1. The van der Waals surface area contributed by atoms with Crippen LogP contribution >= 0.6 is 0 Å². The van der Waals surface area contributed by atoms with E-state index in [1.807, 2.05) is 36.5 Å². The molecule has 0 bridgehead atoms. The van der Waals surface area contributed by atoms with E-state index in [-0.39, 0.29) is 35.9 Å². The molecule has 5 aromatic rings. The van der Waals surface area contributed by atoms with E-state index < -0.39 is 11.9 Å². The van der Waals surface area contributed by atoms with Crippen LogP contribution in [-0.4, -0.2) is 78.5 Å². The third-order valence-corrected chi connectivity index (χ3v) is 11.4. The molecule has 4 aromatic heterocycles. The van der Waals surface area contributed by atoms with Crippen LogP contribution in [0.25, 0.3) is 22.1 Å². The molecule has 6 heterocycles. The van der Waals surface area contributed by atoms with Gasteiger partial charge in [-0.1, -0.05) is 30.7 Å². The molecule has 2 aliphatic heterocycles. The van der Waals surface area contributed by atoms with Crippen molar-refractivity contribution in [2.75, 3.05) is 37.4 Å². The molecule has 2 N–H and O–H groups in total. The van der Waals surface area contributed by atoms with Crippen molar-refractivity contribution in [1.29, 1.82) is 0 Å². The molecule has 270 valence electrons. The maximum absolute atomic E-state index is 13.3. The number of hydrogen-bond donors (Lipinski definition) is 2. The Kier molecular flexibility index (Phi) is 7.83. The van der Waals surface area contributed by atoms with E-state index in [2.05, 4.69) is 48.0 Å². The summed E-state index contributed by atoms with van der Waals surface area (Å²) in [4.78, 5) is 68.7. The first-order chi connectivity index (χ1) is 25.7. The van der Waals surface area contributed by atoms with Crippen LogP contribution < -0.4 is 21.2 Å². The summed E-state index contributed by atoms with van der Waals surface area (Å²) < 4.78 is 5.15. The van der Waals surface area contributed by atoms with Crippen molar-refractivity contribution in [3.05, 3.63) is 70.5 Å². The lowest BCUT2D eigenvalue weighted by Gasteiger charge is -2.21. The Morgan fingerprint density at radius 1 is 0.981 bits per heavy atom. The highest BCUT2D eigenvalue weighted by molar-refractivity contribution is 6.00. The highest BCUT2D eigenvalue weighted by atomic mass is 16.2. The number of imide groups is 1. The van der Waals surface area contributed by atoms with E-state index >= 15 is 0 Å². The number of piperidine rings is 2. The minimum atomic E-state index is -0.730. The molecule has 9 rings (SSSR count). The smallest absolute Gasteiger partial charge is 0.329 e. The van der Waals surface area contributed by atoms with Gasteiger partial charge in [0, 0.05) is 64.2 Å². The van der Waals surface area contributed by atoms with Gasteiger partial charge in [-0.2, -0.15) is 4.98 Å². The number of hydrogen-bond acceptors (Lipinski definition) is 9. The Morgan fingerprint density at radius 3 is 2.49 bits per heavy atom. The normalized spacial score (nSPS) is 22.5. The summed E-state index contributed by atoms with van der Waals surface area (Å²) in [6, 6.07) is 11.0. The number of aryl methyl sites for hydroxylation is 1. The Labute approximate surface area is 305 Å². The zero-order valence-corrected chi connectivity index (χ0v) is 29.9. The minimum Gasteiger partial charge on any atom is -0.370 e. The molecule has 4 fully saturated rings. The van der Waals surface area contributed by atoms with E-state index in [0.29, 0.717) is 46.8 Å². The summed E-state index contributed by atoms with van der Waals surface area (Å²) in [5.41, 5.74) is 4.24. The molecule has 3 amide bonds. The summed E-state index contributed by atoms with van der Waals surface area (Å²) >= 11 is 0. The lowest BCUT2D eigenvalue weighted by atomic mass is 10.1. The van der Waals surface area contributed by atoms with Gasteiger partial charge < -0.3 is 19.7 Å². The average molecular weight is 713 g/mol. The van der Waals surface area contributed by atoms with Crippen molar-refractivity contribution in [3.8, 4) is 11.8 Å². The van der Waals surface area contributed by atoms with Crippen LogP contribution in [0.4, 0.5) is 17.5 Å². The van der Waals surface area contributed by atoms with Crippen LogP contribution in [0.2, 0.25) is 0 Å². The molecule has 0 radical (unpaired) electrons. The number of carbonyl (C=O) groups is 3. The first kappa shape index (κ1) is 32.9. The zero-order valence-electron chi connectivity index (χ0n) is 29.9. The summed E-state index contributed by atoms with van der Waals surface area (Å²) in [5, 5.41) is 6.47. The minimum absolute atomic E-state index is 0.0375. The maximum atomic E-state index is 13.3. The van der Waals surface area contributed by atoms with Crippen LogP contribution in [-0.2, 0) is 16.6 Å². The maximum Gasteiger partial charge on any atom is 0.329 e. The monoisotopic (exact) mass is 712 g/mol. The number of imidazole rings is 1. The summed E-state index contributed by atoms with van der Waals surface area (Å²) in [6.07, 6.45) is 8.47. The van der Waals surface area contributed by atoms with E-state index in [1.165, 1.54) is 4.57 Å². The molecule has 2 aliphatic carbocycles. The number of aromatic nitrogens is 6. The molecule has 1 aromatic carbocycles. The second-order valence-corrected chi connectivity index (χ2v) is 14.9. The van der Waals surface area contributed by atoms with Gasteiger partial charge in [0.1, 0.15) is 23.2 Å². The van der Waals surface area contributed by atoms with Gasteiger partial charge >= 0.3 is 5.69 Å². The predicted octanol–water partition coefficient (Wildman–Crippen LogP) is 3.75. The molecular weight excluding hydrogens is 672 g/mol. The molecule has 1 unspecified atom stereocenters. The van der Waals surface area contributed by atoms with Gasteiger partial charge in [-0.3, -0.25) is 28.8 Å². The summed E-state index contributed by atoms with van der Waals surface area (Å²) in [7, 11) is 5.24. The fourth-order valence-corrected chi connectivity index (χ4v) is 8.64. The molecule has 2 saturated heterocycles. The molecule has 4 aliphatic rings. The van der Waals surface area contributed by atoms with Crippen LogP contribution in [0.3, 0.4) is 0 Å². The fraction of sp³-hybridized carbons (Fsp3) is 0.410. The van der Waals surface area contributed by atoms with Crippen molar-refractivity contribution in [2.24, 2.45) is 24.8 Å². The number of para-hydroxylation sites is 1. The molecule has 53 heavy (non-hydrogen) atoms. The van der Waals surface area contributed by atoms with Crippen LogP contribution in [0, 0.1) is 29.6 Å². The van der Waals surface area contributed by atoms with Gasteiger partial charge in [0.05, 0.1) is 28.5 Å². The second-order valence-electron chi connectivity index (χ2n) is 14.9. The highest BCUT2D eigenvalue weighted by Gasteiger charge is 2.55. The molecular formula is C39H40N10O4. The first-order valence-electron chi connectivity index (χ1n) is 18.3. The number of rotatable bonds is 6. The van der Waals surface area contributed by atoms with Crippen molar-refractivity contribution < 1.29 is 14.4 Å². The van der Waals surface area contributed by atoms with Gasteiger partial charge in [0.25, 0.3) is 5.91 Å². The number of benzene rings is 1. The number of carbonyl (C=O) groups excluding carboxylic acids is 3. The Balaban J connectivity index is 0.874. The van der Waals surface area contributed by atoms with Gasteiger partial charge in [-0.15, -0.1) is 0 Å². The molecule has 2 saturated carbocycles. The lowest BCUT2D eigenvalue weighted by molar-refractivity contribution is -0.135. The van der Waals surface area contributed by atoms with Crippen LogP contribution in [0.5, 0.6) is 0 Å². The Hall–Kier alpha value is -5.97. The van der Waals surface area contributed by atoms with Crippen molar-refractivity contribution >= 4 is 57.2 Å².